The lowest BCUT2D eigenvalue weighted by Gasteiger charge is -2.36. The van der Waals surface area contributed by atoms with E-state index in [0.717, 1.165) is 38.3 Å². The van der Waals surface area contributed by atoms with E-state index in [-0.39, 0.29) is 5.91 Å². The van der Waals surface area contributed by atoms with Gasteiger partial charge in [-0.3, -0.25) is 4.79 Å². The smallest absolute Gasteiger partial charge is 0.254 e. The molecule has 0 atom stereocenters. The van der Waals surface area contributed by atoms with Crippen LogP contribution in [0.5, 0.6) is 0 Å². The molecule has 2 aromatic carbocycles. The minimum atomic E-state index is 0.0620. The number of carbonyl (C=O) groups is 1. The first-order chi connectivity index (χ1) is 14.2. The van der Waals surface area contributed by atoms with E-state index in [9.17, 15) is 4.79 Å². The molecular formula is C24H26N4O. The predicted molar refractivity (Wildman–Crippen MR) is 118 cm³/mol. The van der Waals surface area contributed by atoms with E-state index >= 15 is 0 Å². The number of carbonyl (C=O) groups excluding carboxylic acids is 1. The topological polar surface area (TPSA) is 48.5 Å². The Bertz CT molecular complexity index is 965. The van der Waals surface area contributed by atoms with Crippen LogP contribution >= 0.6 is 0 Å². The van der Waals surface area contributed by atoms with Crippen molar-refractivity contribution in [1.82, 2.24) is 9.88 Å². The maximum atomic E-state index is 13.0. The van der Waals surface area contributed by atoms with Gasteiger partial charge in [0.1, 0.15) is 5.82 Å². The Morgan fingerprint density at radius 3 is 2.45 bits per heavy atom. The van der Waals surface area contributed by atoms with Gasteiger partial charge in [-0.1, -0.05) is 43.3 Å². The van der Waals surface area contributed by atoms with Crippen LogP contribution in [0.15, 0.2) is 72.9 Å². The number of rotatable bonds is 5. The summed E-state index contributed by atoms with van der Waals surface area (Å²) in [7, 11) is 0. The Kier molecular flexibility index (Phi) is 5.75. The molecule has 3 aromatic rings. The number of piperazine rings is 1. The van der Waals surface area contributed by atoms with Crippen LogP contribution in [0.1, 0.15) is 22.8 Å². The number of para-hydroxylation sites is 2. The fourth-order valence-electron chi connectivity index (χ4n) is 3.71. The summed E-state index contributed by atoms with van der Waals surface area (Å²) < 4.78 is 0. The van der Waals surface area contributed by atoms with Crippen LogP contribution in [0.4, 0.5) is 17.2 Å². The SMILES string of the molecule is CCc1ccccc1Nc1cc(C(=O)N2CCN(c3ccccc3)CC2)ccn1. The Morgan fingerprint density at radius 2 is 1.69 bits per heavy atom. The van der Waals surface area contributed by atoms with Crippen LogP contribution in [0, 0.1) is 0 Å². The Labute approximate surface area is 172 Å². The predicted octanol–water partition coefficient (Wildman–Crippen LogP) is 4.35. The molecule has 1 fully saturated rings. The van der Waals surface area contributed by atoms with Crippen molar-refractivity contribution in [3.8, 4) is 0 Å². The van der Waals surface area contributed by atoms with E-state index in [1.165, 1.54) is 11.3 Å². The van der Waals surface area contributed by atoms with Gasteiger partial charge >= 0.3 is 0 Å². The third-order valence-electron chi connectivity index (χ3n) is 5.36. The largest absolute Gasteiger partial charge is 0.368 e. The molecule has 29 heavy (non-hydrogen) atoms. The van der Waals surface area contributed by atoms with Crippen molar-refractivity contribution in [3.05, 3.63) is 84.1 Å². The minimum Gasteiger partial charge on any atom is -0.368 e. The summed E-state index contributed by atoms with van der Waals surface area (Å²) in [6.07, 6.45) is 2.64. The molecule has 0 spiro atoms. The Balaban J connectivity index is 1.43. The standard InChI is InChI=1S/C24H26N4O/c1-2-19-8-6-7-11-22(19)26-23-18-20(12-13-25-23)24(29)28-16-14-27(15-17-28)21-9-4-3-5-10-21/h3-13,18H,2,14-17H2,1H3,(H,25,26). The molecule has 1 amide bonds. The molecule has 4 rings (SSSR count). The Morgan fingerprint density at radius 1 is 0.966 bits per heavy atom. The van der Waals surface area contributed by atoms with Crippen LogP contribution in [-0.4, -0.2) is 42.0 Å². The molecule has 2 heterocycles. The number of amides is 1. The molecule has 0 radical (unpaired) electrons. The number of nitrogens with one attached hydrogen (secondary N) is 1. The van der Waals surface area contributed by atoms with E-state index in [0.29, 0.717) is 11.4 Å². The molecular weight excluding hydrogens is 360 g/mol. The maximum Gasteiger partial charge on any atom is 0.254 e. The summed E-state index contributed by atoms with van der Waals surface area (Å²) in [6, 6.07) is 22.2. The zero-order chi connectivity index (χ0) is 20.1. The van der Waals surface area contributed by atoms with Crippen LogP contribution in [0.3, 0.4) is 0 Å². The van der Waals surface area contributed by atoms with Gasteiger partial charge in [-0.25, -0.2) is 4.98 Å². The number of aryl methyl sites for hydroxylation is 1. The zero-order valence-corrected chi connectivity index (χ0v) is 16.7. The lowest BCUT2D eigenvalue weighted by atomic mass is 10.1. The molecule has 1 aromatic heterocycles. The highest BCUT2D eigenvalue weighted by molar-refractivity contribution is 5.95. The molecule has 0 unspecified atom stereocenters. The molecule has 0 saturated carbocycles. The fraction of sp³-hybridized carbons (Fsp3) is 0.250. The van der Waals surface area contributed by atoms with Crippen molar-refractivity contribution in [3.63, 3.8) is 0 Å². The van der Waals surface area contributed by atoms with Crippen LogP contribution in [0.2, 0.25) is 0 Å². The number of hydrogen-bond donors (Lipinski definition) is 1. The summed E-state index contributed by atoms with van der Waals surface area (Å²) in [5.74, 6) is 0.756. The highest BCUT2D eigenvalue weighted by atomic mass is 16.2. The molecule has 0 bridgehead atoms. The van der Waals surface area contributed by atoms with Gasteiger partial charge in [0.05, 0.1) is 0 Å². The van der Waals surface area contributed by atoms with Gasteiger partial charge in [-0.05, 0) is 42.3 Å². The highest BCUT2D eigenvalue weighted by Crippen LogP contribution is 2.22. The van der Waals surface area contributed by atoms with Gasteiger partial charge in [0, 0.05) is 49.3 Å². The van der Waals surface area contributed by atoms with Crippen LogP contribution in [0.25, 0.3) is 0 Å². The normalized spacial score (nSPS) is 14.0. The molecule has 5 nitrogen and oxygen atoms in total. The van der Waals surface area contributed by atoms with Crippen molar-refractivity contribution < 1.29 is 4.79 Å². The Hall–Kier alpha value is -3.34. The van der Waals surface area contributed by atoms with Crippen LogP contribution < -0.4 is 10.2 Å². The number of pyridine rings is 1. The van der Waals surface area contributed by atoms with Gasteiger partial charge < -0.3 is 15.1 Å². The number of hydrogen-bond acceptors (Lipinski definition) is 4. The molecule has 1 N–H and O–H groups in total. The number of benzene rings is 2. The molecule has 1 aliphatic rings. The highest BCUT2D eigenvalue weighted by Gasteiger charge is 2.22. The van der Waals surface area contributed by atoms with Gasteiger partial charge in [0.25, 0.3) is 5.91 Å². The summed E-state index contributed by atoms with van der Waals surface area (Å²) >= 11 is 0. The van der Waals surface area contributed by atoms with E-state index < -0.39 is 0 Å². The van der Waals surface area contributed by atoms with Gasteiger partial charge in [-0.2, -0.15) is 0 Å². The number of aromatic nitrogens is 1. The fourth-order valence-corrected chi connectivity index (χ4v) is 3.71. The average molecular weight is 386 g/mol. The summed E-state index contributed by atoms with van der Waals surface area (Å²) in [4.78, 5) is 21.7. The maximum absolute atomic E-state index is 13.0. The number of anilines is 3. The van der Waals surface area contributed by atoms with Gasteiger partial charge in [-0.15, -0.1) is 0 Å². The second kappa shape index (κ2) is 8.78. The van der Waals surface area contributed by atoms with Crippen molar-refractivity contribution in [1.29, 1.82) is 0 Å². The van der Waals surface area contributed by atoms with Crippen molar-refractivity contribution in [2.45, 2.75) is 13.3 Å². The van der Waals surface area contributed by atoms with Crippen molar-refractivity contribution in [2.75, 3.05) is 36.4 Å². The molecule has 1 saturated heterocycles. The van der Waals surface area contributed by atoms with Crippen LogP contribution in [-0.2, 0) is 6.42 Å². The molecule has 0 aliphatic carbocycles. The average Bonchev–Trinajstić information content (AvgIpc) is 2.80. The van der Waals surface area contributed by atoms with E-state index in [4.69, 9.17) is 0 Å². The molecule has 1 aliphatic heterocycles. The van der Waals surface area contributed by atoms with E-state index in [1.807, 2.05) is 35.2 Å². The summed E-state index contributed by atoms with van der Waals surface area (Å²) in [5.41, 5.74) is 4.14. The number of nitrogens with zero attached hydrogens (tertiary/aromatic N) is 3. The summed E-state index contributed by atoms with van der Waals surface area (Å²) in [5, 5.41) is 3.36. The second-order valence-electron chi connectivity index (χ2n) is 7.18. The second-order valence-corrected chi connectivity index (χ2v) is 7.18. The first-order valence-corrected chi connectivity index (χ1v) is 10.1. The third-order valence-corrected chi connectivity index (χ3v) is 5.36. The first kappa shape index (κ1) is 19.0. The summed E-state index contributed by atoms with van der Waals surface area (Å²) in [6.45, 7) is 5.25. The molecule has 5 heteroatoms. The third kappa shape index (κ3) is 4.40. The lowest BCUT2D eigenvalue weighted by Crippen LogP contribution is -2.48. The van der Waals surface area contributed by atoms with E-state index in [1.54, 1.807) is 12.3 Å². The lowest BCUT2D eigenvalue weighted by molar-refractivity contribution is 0.0746. The van der Waals surface area contributed by atoms with Crippen molar-refractivity contribution in [2.24, 2.45) is 0 Å². The van der Waals surface area contributed by atoms with E-state index in [2.05, 4.69) is 52.5 Å². The van der Waals surface area contributed by atoms with Gasteiger partial charge in [0.2, 0.25) is 0 Å². The van der Waals surface area contributed by atoms with Gasteiger partial charge in [0.15, 0.2) is 0 Å². The zero-order valence-electron chi connectivity index (χ0n) is 16.7. The minimum absolute atomic E-state index is 0.0620. The monoisotopic (exact) mass is 386 g/mol. The quantitative estimate of drug-likeness (QED) is 0.708. The molecule has 148 valence electrons. The first-order valence-electron chi connectivity index (χ1n) is 10.1. The van der Waals surface area contributed by atoms with Crippen molar-refractivity contribution >= 4 is 23.1 Å².